The molecule has 0 aliphatic heterocycles. The number of anilines is 1. The zero-order valence-electron chi connectivity index (χ0n) is 14.3. The Morgan fingerprint density at radius 2 is 2.04 bits per heavy atom. The van der Waals surface area contributed by atoms with Crippen molar-refractivity contribution in [2.24, 2.45) is 13.0 Å². The van der Waals surface area contributed by atoms with Crippen molar-refractivity contribution in [2.45, 2.75) is 31.7 Å². The van der Waals surface area contributed by atoms with Crippen LogP contribution < -0.4 is 10.6 Å². The summed E-state index contributed by atoms with van der Waals surface area (Å²) in [4.78, 5) is 24.8. The van der Waals surface area contributed by atoms with Crippen LogP contribution in [0.2, 0.25) is 5.02 Å². The van der Waals surface area contributed by atoms with Gasteiger partial charge in [0.1, 0.15) is 11.5 Å². The second-order valence-corrected chi connectivity index (χ2v) is 7.39. The molecule has 7 heteroatoms. The summed E-state index contributed by atoms with van der Waals surface area (Å²) in [5.74, 6) is -0.531. The molecule has 1 aromatic carbocycles. The summed E-state index contributed by atoms with van der Waals surface area (Å²) in [5, 5.41) is 5.83. The van der Waals surface area contributed by atoms with Crippen molar-refractivity contribution in [3.63, 3.8) is 0 Å². The molecule has 4 rings (SSSR count). The fourth-order valence-electron chi connectivity index (χ4n) is 3.55. The monoisotopic (exact) mass is 375 g/mol. The van der Waals surface area contributed by atoms with Crippen molar-refractivity contribution in [3.8, 4) is 0 Å². The van der Waals surface area contributed by atoms with Gasteiger partial charge in [0.2, 0.25) is 5.91 Å². The van der Waals surface area contributed by atoms with Gasteiger partial charge in [-0.15, -0.1) is 0 Å². The third-order valence-electron chi connectivity index (χ3n) is 5.04. The van der Waals surface area contributed by atoms with Crippen LogP contribution in [0.1, 0.15) is 46.9 Å². The predicted molar refractivity (Wildman–Crippen MR) is 96.7 cm³/mol. The first-order chi connectivity index (χ1) is 12.4. The van der Waals surface area contributed by atoms with Gasteiger partial charge >= 0.3 is 0 Å². The van der Waals surface area contributed by atoms with Crippen LogP contribution in [0.25, 0.3) is 0 Å². The third-order valence-corrected chi connectivity index (χ3v) is 5.33. The van der Waals surface area contributed by atoms with Crippen LogP contribution in [0.4, 0.5) is 10.1 Å². The van der Waals surface area contributed by atoms with Crippen molar-refractivity contribution in [2.75, 3.05) is 5.32 Å². The molecule has 1 unspecified atom stereocenters. The molecule has 2 amide bonds. The number of rotatable bonds is 4. The molecule has 0 spiro atoms. The summed E-state index contributed by atoms with van der Waals surface area (Å²) in [7, 11) is 1.81. The lowest BCUT2D eigenvalue weighted by Crippen LogP contribution is -2.28. The van der Waals surface area contributed by atoms with Crippen molar-refractivity contribution in [3.05, 3.63) is 52.1 Å². The van der Waals surface area contributed by atoms with E-state index >= 15 is 0 Å². The zero-order chi connectivity index (χ0) is 18.4. The lowest BCUT2D eigenvalue weighted by atomic mass is 10.1. The molecule has 1 atom stereocenters. The van der Waals surface area contributed by atoms with E-state index in [4.69, 9.17) is 11.6 Å². The summed E-state index contributed by atoms with van der Waals surface area (Å²) >= 11 is 5.77. The van der Waals surface area contributed by atoms with Gasteiger partial charge in [-0.05, 0) is 55.0 Å². The Balaban J connectivity index is 1.54. The third kappa shape index (κ3) is 3.09. The highest BCUT2D eigenvalue weighted by Gasteiger charge is 2.35. The molecule has 1 aromatic heterocycles. The number of fused-ring (bicyclic) bond motifs is 1. The smallest absolute Gasteiger partial charge is 0.272 e. The highest BCUT2D eigenvalue weighted by molar-refractivity contribution is 6.31. The average molecular weight is 376 g/mol. The van der Waals surface area contributed by atoms with Crippen LogP contribution in [0.3, 0.4) is 0 Å². The maximum atomic E-state index is 13.3. The van der Waals surface area contributed by atoms with E-state index in [9.17, 15) is 14.0 Å². The first-order valence-electron chi connectivity index (χ1n) is 8.69. The fraction of sp³-hybridized carbons (Fsp3) is 0.368. The Morgan fingerprint density at radius 3 is 2.73 bits per heavy atom. The number of carbonyl (C=O) groups excluding carboxylic acids is 2. The van der Waals surface area contributed by atoms with E-state index in [-0.39, 0.29) is 28.8 Å². The van der Waals surface area contributed by atoms with Crippen LogP contribution in [0.15, 0.2) is 24.4 Å². The zero-order valence-corrected chi connectivity index (χ0v) is 15.1. The quantitative estimate of drug-likeness (QED) is 0.857. The van der Waals surface area contributed by atoms with Crippen molar-refractivity contribution >= 4 is 29.1 Å². The van der Waals surface area contributed by atoms with Gasteiger partial charge in [0, 0.05) is 24.8 Å². The lowest BCUT2D eigenvalue weighted by molar-refractivity contribution is -0.123. The van der Waals surface area contributed by atoms with Gasteiger partial charge in [0.05, 0.1) is 11.1 Å². The minimum Gasteiger partial charge on any atom is -0.349 e. The van der Waals surface area contributed by atoms with E-state index in [0.29, 0.717) is 11.4 Å². The number of carbonyl (C=O) groups is 2. The largest absolute Gasteiger partial charge is 0.349 e. The molecule has 26 heavy (non-hydrogen) atoms. The number of hydrogen-bond donors (Lipinski definition) is 2. The Bertz CT molecular complexity index is 904. The van der Waals surface area contributed by atoms with Crippen LogP contribution >= 0.6 is 11.6 Å². The minimum atomic E-state index is -0.529. The van der Waals surface area contributed by atoms with E-state index in [1.807, 2.05) is 13.2 Å². The van der Waals surface area contributed by atoms with Crippen LogP contribution in [0, 0.1) is 11.7 Å². The number of hydrogen-bond acceptors (Lipinski definition) is 2. The van der Waals surface area contributed by atoms with Crippen molar-refractivity contribution < 1.29 is 14.0 Å². The van der Waals surface area contributed by atoms with E-state index in [0.717, 1.165) is 36.8 Å². The molecule has 0 saturated heterocycles. The topological polar surface area (TPSA) is 63.1 Å². The first-order valence-corrected chi connectivity index (χ1v) is 9.06. The number of aryl methyl sites for hydroxylation is 1. The first kappa shape index (κ1) is 17.1. The summed E-state index contributed by atoms with van der Waals surface area (Å²) in [6.45, 7) is 0. The van der Waals surface area contributed by atoms with Gasteiger partial charge in [-0.2, -0.15) is 0 Å². The minimum absolute atomic E-state index is 0.0360. The molecule has 2 aliphatic carbocycles. The second kappa shape index (κ2) is 6.43. The van der Waals surface area contributed by atoms with Gasteiger partial charge in [-0.3, -0.25) is 9.59 Å². The van der Waals surface area contributed by atoms with Crippen LogP contribution in [-0.4, -0.2) is 16.4 Å². The SMILES string of the molecule is Cn1cc2c(c1C(=O)Nc1ccc(F)c(Cl)c1)CCC2NC(=O)C1CC1. The Morgan fingerprint density at radius 1 is 1.27 bits per heavy atom. The molecule has 1 saturated carbocycles. The van der Waals surface area contributed by atoms with E-state index in [1.54, 1.807) is 4.57 Å². The van der Waals surface area contributed by atoms with Gasteiger partial charge < -0.3 is 15.2 Å². The molecule has 2 aliphatic rings. The molecule has 0 bridgehead atoms. The van der Waals surface area contributed by atoms with Crippen LogP contribution in [-0.2, 0) is 18.3 Å². The number of nitrogens with one attached hydrogen (secondary N) is 2. The van der Waals surface area contributed by atoms with Crippen LogP contribution in [0.5, 0.6) is 0 Å². The fourth-order valence-corrected chi connectivity index (χ4v) is 3.73. The van der Waals surface area contributed by atoms with Gasteiger partial charge in [-0.1, -0.05) is 11.6 Å². The summed E-state index contributed by atoms with van der Waals surface area (Å²) in [6.07, 6.45) is 5.38. The number of aromatic nitrogens is 1. The molecule has 2 N–H and O–H groups in total. The van der Waals surface area contributed by atoms with E-state index in [2.05, 4.69) is 10.6 Å². The number of halogens is 2. The Hall–Kier alpha value is -2.34. The average Bonchev–Trinajstić information content (AvgIpc) is 3.30. The van der Waals surface area contributed by atoms with E-state index < -0.39 is 5.82 Å². The molecule has 2 aromatic rings. The lowest BCUT2D eigenvalue weighted by Gasteiger charge is -2.12. The standard InChI is InChI=1S/C19H19ClFN3O2/c1-24-9-13-12(5-7-16(13)23-18(25)10-2-3-10)17(24)19(26)22-11-4-6-15(21)14(20)8-11/h4,6,8-10,16H,2-3,5,7H2,1H3,(H,22,26)(H,23,25). The van der Waals surface area contributed by atoms with E-state index in [1.165, 1.54) is 18.2 Å². The molecular formula is C19H19ClFN3O2. The number of nitrogens with zero attached hydrogens (tertiary/aromatic N) is 1. The molecule has 5 nitrogen and oxygen atoms in total. The maximum Gasteiger partial charge on any atom is 0.272 e. The number of amides is 2. The summed E-state index contributed by atoms with van der Waals surface area (Å²) < 4.78 is 15.1. The predicted octanol–water partition coefficient (Wildman–Crippen LogP) is 3.58. The molecule has 0 radical (unpaired) electrons. The molecule has 1 fully saturated rings. The van der Waals surface area contributed by atoms with Crippen molar-refractivity contribution in [1.29, 1.82) is 0 Å². The molecule has 136 valence electrons. The normalized spacial score (nSPS) is 18.5. The van der Waals surface area contributed by atoms with Gasteiger partial charge in [-0.25, -0.2) is 4.39 Å². The van der Waals surface area contributed by atoms with Gasteiger partial charge in [0.15, 0.2) is 0 Å². The number of benzene rings is 1. The second-order valence-electron chi connectivity index (χ2n) is 6.98. The summed E-state index contributed by atoms with van der Waals surface area (Å²) in [6, 6.07) is 4.04. The summed E-state index contributed by atoms with van der Waals surface area (Å²) in [5.41, 5.74) is 2.96. The highest BCUT2D eigenvalue weighted by Crippen LogP contribution is 2.37. The maximum absolute atomic E-state index is 13.3. The van der Waals surface area contributed by atoms with Crippen molar-refractivity contribution in [1.82, 2.24) is 9.88 Å². The molecule has 1 heterocycles. The Labute approximate surface area is 155 Å². The Kier molecular flexibility index (Phi) is 4.23. The van der Waals surface area contributed by atoms with Gasteiger partial charge in [0.25, 0.3) is 5.91 Å². The highest BCUT2D eigenvalue weighted by atomic mass is 35.5. The molecular weight excluding hydrogens is 357 g/mol.